The number of nitrogens with one attached hydrogen (secondary N) is 1. The number of aliphatic carboxylic acids is 1. The molecule has 8 heteroatoms. The molecule has 1 aromatic rings. The maximum atomic E-state index is 13.7. The Hall–Kier alpha value is -2.40. The molecule has 26 heavy (non-hydrogen) atoms. The van der Waals surface area contributed by atoms with E-state index in [-0.39, 0.29) is 16.8 Å². The normalized spacial score (nSPS) is 25.6. The molecule has 0 fully saturated rings. The highest BCUT2D eigenvalue weighted by molar-refractivity contribution is 7.10. The number of hydrogen-bond acceptors (Lipinski definition) is 6. The predicted molar refractivity (Wildman–Crippen MR) is 94.3 cm³/mol. The Labute approximate surface area is 155 Å². The molecule has 2 heterocycles. The zero-order valence-electron chi connectivity index (χ0n) is 15.0. The summed E-state index contributed by atoms with van der Waals surface area (Å²) in [4.78, 5) is 25.5. The lowest BCUT2D eigenvalue weighted by molar-refractivity contribution is -0.156. The van der Waals surface area contributed by atoms with Crippen LogP contribution in [-0.2, 0) is 14.3 Å². The number of hydrogen-bond donors (Lipinski definition) is 2. The van der Waals surface area contributed by atoms with Crippen LogP contribution in [0.4, 0.5) is 4.39 Å². The second-order valence-electron chi connectivity index (χ2n) is 6.52. The van der Waals surface area contributed by atoms with Crippen molar-refractivity contribution in [3.05, 3.63) is 33.2 Å². The summed E-state index contributed by atoms with van der Waals surface area (Å²) in [5.74, 6) is -3.33. The predicted octanol–water partition coefficient (Wildman–Crippen LogP) is 2.82. The third kappa shape index (κ3) is 2.76. The van der Waals surface area contributed by atoms with Gasteiger partial charge in [0.1, 0.15) is 18.2 Å². The van der Waals surface area contributed by atoms with Gasteiger partial charge in [0.25, 0.3) is 0 Å². The number of carbonyl (C=O) groups is 2. The SMILES string of the molecule is COC(=O)C1=C(CF)NC(C)C(C(=O)O)(C(C)C)C1c1sccc1C#N. The van der Waals surface area contributed by atoms with E-state index < -0.39 is 41.9 Å². The van der Waals surface area contributed by atoms with Crippen LogP contribution in [-0.4, -0.2) is 36.9 Å². The number of carboxylic acids is 1. The molecule has 0 spiro atoms. The summed E-state index contributed by atoms with van der Waals surface area (Å²) in [5.41, 5.74) is -1.24. The largest absolute Gasteiger partial charge is 0.481 e. The molecule has 0 saturated carbocycles. The van der Waals surface area contributed by atoms with E-state index in [0.29, 0.717) is 4.88 Å². The van der Waals surface area contributed by atoms with E-state index in [1.807, 2.05) is 6.07 Å². The number of nitrogens with zero attached hydrogens (tertiary/aromatic N) is 1. The number of rotatable bonds is 5. The number of nitriles is 1. The van der Waals surface area contributed by atoms with Crippen molar-refractivity contribution < 1.29 is 23.8 Å². The minimum absolute atomic E-state index is 0.00386. The number of alkyl halides is 1. The van der Waals surface area contributed by atoms with Gasteiger partial charge in [-0.3, -0.25) is 4.79 Å². The molecule has 0 aliphatic carbocycles. The molecule has 0 saturated heterocycles. The van der Waals surface area contributed by atoms with E-state index in [2.05, 4.69) is 5.32 Å². The van der Waals surface area contributed by atoms with E-state index in [4.69, 9.17) is 4.74 Å². The van der Waals surface area contributed by atoms with Crippen molar-refractivity contribution in [2.45, 2.75) is 32.7 Å². The Bertz CT molecular complexity index is 795. The Morgan fingerprint density at radius 1 is 1.54 bits per heavy atom. The zero-order chi connectivity index (χ0) is 19.6. The van der Waals surface area contributed by atoms with Crippen LogP contribution in [0.15, 0.2) is 22.7 Å². The molecule has 0 amide bonds. The summed E-state index contributed by atoms with van der Waals surface area (Å²) in [6.07, 6.45) is 0. The average molecular weight is 380 g/mol. The minimum Gasteiger partial charge on any atom is -0.481 e. The Kier molecular flexibility index (Phi) is 5.71. The fraction of sp³-hybridized carbons (Fsp3) is 0.500. The van der Waals surface area contributed by atoms with Crippen molar-refractivity contribution in [1.29, 1.82) is 5.26 Å². The first kappa shape index (κ1) is 19.9. The molecule has 3 unspecified atom stereocenters. The third-order valence-corrected chi connectivity index (χ3v) is 6.12. The van der Waals surface area contributed by atoms with E-state index in [1.54, 1.807) is 32.2 Å². The first-order chi connectivity index (χ1) is 12.3. The second-order valence-corrected chi connectivity index (χ2v) is 7.47. The lowest BCUT2D eigenvalue weighted by atomic mass is 9.58. The smallest absolute Gasteiger partial charge is 0.336 e. The van der Waals surface area contributed by atoms with Crippen LogP contribution in [0.3, 0.4) is 0 Å². The summed E-state index contributed by atoms with van der Waals surface area (Å²) >= 11 is 1.19. The van der Waals surface area contributed by atoms with Gasteiger partial charge in [0, 0.05) is 16.8 Å². The molecule has 1 aliphatic heterocycles. The summed E-state index contributed by atoms with van der Waals surface area (Å²) < 4.78 is 18.6. The van der Waals surface area contributed by atoms with Gasteiger partial charge in [0.05, 0.1) is 23.9 Å². The van der Waals surface area contributed by atoms with Crippen LogP contribution in [0.2, 0.25) is 0 Å². The van der Waals surface area contributed by atoms with Gasteiger partial charge in [0.15, 0.2) is 0 Å². The minimum atomic E-state index is -1.46. The van der Waals surface area contributed by atoms with E-state index in [0.717, 1.165) is 7.11 Å². The van der Waals surface area contributed by atoms with Crippen molar-refractivity contribution in [3.63, 3.8) is 0 Å². The average Bonchev–Trinajstić information content (AvgIpc) is 3.07. The number of carbonyl (C=O) groups excluding carboxylic acids is 1. The van der Waals surface area contributed by atoms with Gasteiger partial charge in [-0.15, -0.1) is 11.3 Å². The number of allylic oxidation sites excluding steroid dienone is 1. The Morgan fingerprint density at radius 3 is 2.65 bits per heavy atom. The number of halogens is 1. The summed E-state index contributed by atoms with van der Waals surface area (Å²) in [7, 11) is 1.16. The topological polar surface area (TPSA) is 99.4 Å². The van der Waals surface area contributed by atoms with E-state index in [9.17, 15) is 24.3 Å². The first-order valence-corrected chi connectivity index (χ1v) is 8.99. The van der Waals surface area contributed by atoms with Crippen molar-refractivity contribution in [2.75, 3.05) is 13.8 Å². The number of methoxy groups -OCH3 is 1. The van der Waals surface area contributed by atoms with Crippen LogP contribution in [0.25, 0.3) is 0 Å². The van der Waals surface area contributed by atoms with E-state index >= 15 is 0 Å². The number of thiophene rings is 1. The van der Waals surface area contributed by atoms with Crippen LogP contribution < -0.4 is 5.32 Å². The highest BCUT2D eigenvalue weighted by Gasteiger charge is 2.59. The van der Waals surface area contributed by atoms with Crippen LogP contribution >= 0.6 is 11.3 Å². The number of esters is 1. The molecule has 1 aliphatic rings. The Balaban J connectivity index is 2.93. The van der Waals surface area contributed by atoms with Crippen molar-refractivity contribution in [1.82, 2.24) is 5.32 Å². The molecule has 3 atom stereocenters. The molecule has 2 rings (SSSR count). The van der Waals surface area contributed by atoms with Gasteiger partial charge in [-0.05, 0) is 24.3 Å². The van der Waals surface area contributed by atoms with Gasteiger partial charge < -0.3 is 15.2 Å². The standard InChI is InChI=1S/C18H21FN2O4S/c1-9(2)18(17(23)24)10(3)21-12(7-19)13(16(22)25-4)14(18)15-11(8-20)5-6-26-15/h5-6,9-10,14,21H,7H2,1-4H3,(H,23,24). The fourth-order valence-corrected chi connectivity index (χ4v) is 5.00. The first-order valence-electron chi connectivity index (χ1n) is 8.11. The molecular formula is C18H21FN2O4S. The molecule has 0 radical (unpaired) electrons. The van der Waals surface area contributed by atoms with Gasteiger partial charge in [-0.1, -0.05) is 13.8 Å². The molecule has 6 nitrogen and oxygen atoms in total. The monoisotopic (exact) mass is 380 g/mol. The maximum Gasteiger partial charge on any atom is 0.336 e. The quantitative estimate of drug-likeness (QED) is 0.762. The fourth-order valence-electron chi connectivity index (χ4n) is 3.96. The lowest BCUT2D eigenvalue weighted by Crippen LogP contribution is -2.59. The number of carboxylic acid groups (broad SMARTS) is 1. The lowest BCUT2D eigenvalue weighted by Gasteiger charge is -2.49. The molecular weight excluding hydrogens is 359 g/mol. The summed E-state index contributed by atoms with van der Waals surface area (Å²) in [6.45, 7) is 4.18. The van der Waals surface area contributed by atoms with Crippen molar-refractivity contribution in [3.8, 4) is 6.07 Å². The summed E-state index contributed by atoms with van der Waals surface area (Å²) in [5, 5.41) is 24.2. The second kappa shape index (κ2) is 7.46. The van der Waals surface area contributed by atoms with Gasteiger partial charge >= 0.3 is 11.9 Å². The third-order valence-electron chi connectivity index (χ3n) is 5.14. The van der Waals surface area contributed by atoms with Crippen molar-refractivity contribution in [2.24, 2.45) is 11.3 Å². The molecule has 2 N–H and O–H groups in total. The highest BCUT2D eigenvalue weighted by Crippen LogP contribution is 2.54. The van der Waals surface area contributed by atoms with Crippen molar-refractivity contribution >= 4 is 23.3 Å². The maximum absolute atomic E-state index is 13.7. The van der Waals surface area contributed by atoms with Gasteiger partial charge in [-0.2, -0.15) is 5.26 Å². The molecule has 1 aromatic heterocycles. The zero-order valence-corrected chi connectivity index (χ0v) is 15.8. The molecule has 140 valence electrons. The van der Waals surface area contributed by atoms with E-state index in [1.165, 1.54) is 11.3 Å². The van der Waals surface area contributed by atoms with Gasteiger partial charge in [-0.25, -0.2) is 9.18 Å². The number of ether oxygens (including phenoxy) is 1. The van der Waals surface area contributed by atoms with Crippen LogP contribution in [0, 0.1) is 22.7 Å². The summed E-state index contributed by atoms with van der Waals surface area (Å²) in [6, 6.07) is 2.95. The van der Waals surface area contributed by atoms with Crippen LogP contribution in [0.5, 0.6) is 0 Å². The van der Waals surface area contributed by atoms with Gasteiger partial charge in [0.2, 0.25) is 0 Å². The van der Waals surface area contributed by atoms with Crippen LogP contribution in [0.1, 0.15) is 37.1 Å². The Morgan fingerprint density at radius 2 is 2.19 bits per heavy atom. The molecule has 0 aromatic carbocycles. The molecule has 0 bridgehead atoms. The highest BCUT2D eigenvalue weighted by atomic mass is 32.1.